The SMILES string of the molecule is COc1cccc2c1C(=O)c1c(O)c3c(c(O)c1C2=O)C[C@@](O)(/C(C)=N/NC(N)=O)CC3OC1CC(N)C(O)C(C)O1.Cl. The highest BCUT2D eigenvalue weighted by atomic mass is 35.5. The predicted octanol–water partition coefficient (Wildman–Crippen LogP) is 0.906. The fourth-order valence-corrected chi connectivity index (χ4v) is 5.91. The molecule has 2 aliphatic carbocycles. The smallest absolute Gasteiger partial charge is 0.332 e. The first-order chi connectivity index (χ1) is 19.8. The van der Waals surface area contributed by atoms with E-state index >= 15 is 0 Å². The molecule has 2 aromatic rings. The molecule has 15 heteroatoms. The van der Waals surface area contributed by atoms with Crippen LogP contribution in [-0.4, -0.2) is 81.0 Å². The number of nitrogens with two attached hydrogens (primary N) is 2. The van der Waals surface area contributed by atoms with Gasteiger partial charge in [0, 0.05) is 42.0 Å². The van der Waals surface area contributed by atoms with E-state index in [0.717, 1.165) is 0 Å². The van der Waals surface area contributed by atoms with Crippen LogP contribution >= 0.6 is 12.4 Å². The number of amides is 2. The van der Waals surface area contributed by atoms with Gasteiger partial charge in [-0.1, -0.05) is 12.1 Å². The van der Waals surface area contributed by atoms with Crippen molar-refractivity contribution in [3.63, 3.8) is 0 Å². The third-order valence-corrected chi connectivity index (χ3v) is 8.15. The van der Waals surface area contributed by atoms with Crippen LogP contribution in [0.15, 0.2) is 23.3 Å². The molecule has 0 saturated carbocycles. The van der Waals surface area contributed by atoms with Crippen molar-refractivity contribution in [1.82, 2.24) is 5.43 Å². The van der Waals surface area contributed by atoms with Crippen molar-refractivity contribution in [3.05, 3.63) is 51.6 Å². The summed E-state index contributed by atoms with van der Waals surface area (Å²) in [5.41, 5.74) is 10.3. The van der Waals surface area contributed by atoms with Crippen LogP contribution in [0.4, 0.5) is 4.79 Å². The summed E-state index contributed by atoms with van der Waals surface area (Å²) in [7, 11) is 1.33. The summed E-state index contributed by atoms with van der Waals surface area (Å²) < 4.78 is 17.3. The van der Waals surface area contributed by atoms with E-state index in [1.165, 1.54) is 32.2 Å². The van der Waals surface area contributed by atoms with Crippen LogP contribution in [0.1, 0.15) is 75.8 Å². The van der Waals surface area contributed by atoms with E-state index in [4.69, 9.17) is 25.7 Å². The van der Waals surface area contributed by atoms with E-state index < -0.39 is 76.5 Å². The maximum absolute atomic E-state index is 13.8. The maximum Gasteiger partial charge on any atom is 0.332 e. The van der Waals surface area contributed by atoms with Crippen molar-refractivity contribution >= 4 is 35.7 Å². The monoisotopic (exact) mass is 620 g/mol. The van der Waals surface area contributed by atoms with E-state index in [9.17, 15) is 34.8 Å². The minimum atomic E-state index is -1.89. The van der Waals surface area contributed by atoms with Gasteiger partial charge in [-0.25, -0.2) is 10.2 Å². The molecule has 1 aliphatic heterocycles. The van der Waals surface area contributed by atoms with Crippen LogP contribution in [0.25, 0.3) is 0 Å². The minimum Gasteiger partial charge on any atom is -0.507 e. The molecule has 43 heavy (non-hydrogen) atoms. The Morgan fingerprint density at radius 1 is 1.16 bits per heavy atom. The number of carbonyl (C=O) groups excluding carboxylic acids is 3. The molecule has 2 aromatic carbocycles. The van der Waals surface area contributed by atoms with Crippen molar-refractivity contribution in [2.24, 2.45) is 16.6 Å². The van der Waals surface area contributed by atoms with E-state index in [1.54, 1.807) is 6.92 Å². The third-order valence-electron chi connectivity index (χ3n) is 8.15. The number of methoxy groups -OCH3 is 1. The highest BCUT2D eigenvalue weighted by molar-refractivity contribution is 6.31. The predicted molar refractivity (Wildman–Crippen MR) is 153 cm³/mol. The average molecular weight is 621 g/mol. The molecule has 232 valence electrons. The number of primary amides is 1. The number of rotatable bonds is 5. The zero-order valence-corrected chi connectivity index (χ0v) is 24.3. The summed E-state index contributed by atoms with van der Waals surface area (Å²) >= 11 is 0. The molecule has 6 atom stereocenters. The zero-order valence-electron chi connectivity index (χ0n) is 23.5. The number of ketones is 2. The first kappa shape index (κ1) is 32.1. The second-order valence-electron chi connectivity index (χ2n) is 10.8. The number of carbonyl (C=O) groups is 3. The Morgan fingerprint density at radius 2 is 1.84 bits per heavy atom. The van der Waals surface area contributed by atoms with Gasteiger partial charge in [-0.3, -0.25) is 9.59 Å². The number of aliphatic hydroxyl groups is 2. The number of nitrogens with one attached hydrogen (secondary N) is 1. The van der Waals surface area contributed by atoms with Gasteiger partial charge in [0.25, 0.3) is 0 Å². The number of hydrogen-bond donors (Lipinski definition) is 7. The van der Waals surface area contributed by atoms with Gasteiger partial charge >= 0.3 is 6.03 Å². The van der Waals surface area contributed by atoms with E-state index in [-0.39, 0.29) is 65.4 Å². The molecule has 0 bridgehead atoms. The Labute approximate surface area is 252 Å². The summed E-state index contributed by atoms with van der Waals surface area (Å²) in [5.74, 6) is -2.61. The molecule has 2 amide bonds. The number of fused-ring (bicyclic) bond motifs is 3. The van der Waals surface area contributed by atoms with Crippen LogP contribution < -0.4 is 21.6 Å². The summed E-state index contributed by atoms with van der Waals surface area (Å²) in [6, 6.07) is 2.73. The van der Waals surface area contributed by atoms with Gasteiger partial charge in [0.1, 0.15) is 22.8 Å². The van der Waals surface area contributed by atoms with Crippen molar-refractivity contribution < 1.29 is 49.0 Å². The molecule has 0 spiro atoms. The summed E-state index contributed by atoms with van der Waals surface area (Å²) in [5, 5.41) is 48.9. The molecule has 1 heterocycles. The van der Waals surface area contributed by atoms with Crippen molar-refractivity contribution in [1.29, 1.82) is 0 Å². The van der Waals surface area contributed by atoms with Gasteiger partial charge in [0.15, 0.2) is 12.1 Å². The van der Waals surface area contributed by atoms with Crippen LogP contribution in [0, 0.1) is 0 Å². The lowest BCUT2D eigenvalue weighted by molar-refractivity contribution is -0.245. The lowest BCUT2D eigenvalue weighted by atomic mass is 9.72. The quantitative estimate of drug-likeness (QED) is 0.120. The summed E-state index contributed by atoms with van der Waals surface area (Å²) in [6.07, 6.45) is -4.54. The van der Waals surface area contributed by atoms with E-state index in [1.807, 2.05) is 5.43 Å². The number of aromatic hydroxyl groups is 2. The lowest BCUT2D eigenvalue weighted by Gasteiger charge is -2.42. The number of phenolic OH excluding ortho intramolecular Hbond substituents is 2. The Balaban J connectivity index is 0.00000423. The number of benzene rings is 2. The molecule has 1 saturated heterocycles. The second kappa shape index (κ2) is 11.7. The molecule has 3 aliphatic rings. The highest BCUT2D eigenvalue weighted by Gasteiger charge is 2.49. The van der Waals surface area contributed by atoms with Crippen LogP contribution in [-0.2, 0) is 15.9 Å². The van der Waals surface area contributed by atoms with Crippen LogP contribution in [0.3, 0.4) is 0 Å². The highest BCUT2D eigenvalue weighted by Crippen LogP contribution is 2.52. The average Bonchev–Trinajstić information content (AvgIpc) is 2.94. The number of ether oxygens (including phenoxy) is 3. The first-order valence-electron chi connectivity index (χ1n) is 13.2. The van der Waals surface area contributed by atoms with Gasteiger partial charge < -0.3 is 46.1 Å². The summed E-state index contributed by atoms with van der Waals surface area (Å²) in [4.78, 5) is 38.7. The molecule has 14 nitrogen and oxygen atoms in total. The molecule has 1 fully saturated rings. The van der Waals surface area contributed by atoms with E-state index in [0.29, 0.717) is 0 Å². The fourth-order valence-electron chi connectivity index (χ4n) is 5.91. The minimum absolute atomic E-state index is 0. The number of phenols is 2. The lowest BCUT2D eigenvalue weighted by Crippen LogP contribution is -2.52. The van der Waals surface area contributed by atoms with Crippen molar-refractivity contribution in [2.45, 2.75) is 69.4 Å². The number of halogens is 1. The van der Waals surface area contributed by atoms with Gasteiger partial charge in [-0.05, 0) is 19.9 Å². The Morgan fingerprint density at radius 3 is 2.47 bits per heavy atom. The molecule has 0 radical (unpaired) electrons. The molecular weight excluding hydrogens is 588 g/mol. The first-order valence-corrected chi connectivity index (χ1v) is 13.2. The van der Waals surface area contributed by atoms with Gasteiger partial charge in [0.05, 0.1) is 47.8 Å². The second-order valence-corrected chi connectivity index (χ2v) is 10.8. The molecule has 5 rings (SSSR count). The fraction of sp³-hybridized carbons (Fsp3) is 0.429. The Hall–Kier alpha value is -3.79. The van der Waals surface area contributed by atoms with Crippen LogP contribution in [0.5, 0.6) is 17.2 Å². The molecule has 0 aromatic heterocycles. The largest absolute Gasteiger partial charge is 0.507 e. The van der Waals surface area contributed by atoms with Crippen molar-refractivity contribution in [3.8, 4) is 17.2 Å². The normalized spacial score (nSPS) is 28.2. The molecule has 5 unspecified atom stereocenters. The third kappa shape index (κ3) is 5.30. The van der Waals surface area contributed by atoms with Crippen LogP contribution in [0.2, 0.25) is 0 Å². The van der Waals surface area contributed by atoms with Gasteiger partial charge in [-0.2, -0.15) is 5.10 Å². The Kier molecular flexibility index (Phi) is 8.75. The van der Waals surface area contributed by atoms with Gasteiger partial charge in [-0.15, -0.1) is 12.4 Å². The maximum atomic E-state index is 13.8. The summed E-state index contributed by atoms with van der Waals surface area (Å²) in [6.45, 7) is 3.02. The molecular formula is C28H33ClN4O10. The van der Waals surface area contributed by atoms with E-state index in [2.05, 4.69) is 5.10 Å². The standard InChI is InChI=1S/C28H32N4O10.ClH/c1-10-22(33)14(29)7-17(41-10)42-16-9-28(39,11(2)31-32-27(30)38)8-13-19(16)26(37)21-20(24(13)35)23(34)12-5-4-6-15(40-3)18(12)25(21)36;/h4-6,10,14,16-17,22,33,35,37,39H,7-9,29H2,1-3H3,(H3,30,32,38);1H/b31-11+;/t10?,14?,16?,17?,22?,28-;/m0./s1. The topological polar surface area (TPSA) is 236 Å². The number of urea groups is 1. The number of hydrogen-bond acceptors (Lipinski definition) is 12. The Bertz CT molecular complexity index is 1520. The van der Waals surface area contributed by atoms with Gasteiger partial charge in [0.2, 0.25) is 5.78 Å². The zero-order chi connectivity index (χ0) is 30.7. The van der Waals surface area contributed by atoms with Crippen molar-refractivity contribution in [2.75, 3.05) is 7.11 Å². The number of nitrogens with zero attached hydrogens (tertiary/aromatic N) is 1. The number of aliphatic hydroxyl groups excluding tert-OH is 1. The number of hydrazone groups is 1. The molecule has 9 N–H and O–H groups in total.